The Morgan fingerprint density at radius 3 is 2.57 bits per heavy atom. The van der Waals surface area contributed by atoms with Crippen LogP contribution < -0.4 is 4.90 Å². The Kier molecular flexibility index (Phi) is 4.76. The third kappa shape index (κ3) is 3.76. The molecule has 0 saturated carbocycles. The van der Waals surface area contributed by atoms with Crippen LogP contribution in [0.2, 0.25) is 0 Å². The maximum Gasteiger partial charge on any atom is 0.0648 e. The summed E-state index contributed by atoms with van der Waals surface area (Å²) in [6.07, 6.45) is 5.59. The number of piperidine rings is 1. The molecule has 0 bridgehead atoms. The number of benzene rings is 1. The summed E-state index contributed by atoms with van der Waals surface area (Å²) in [5, 5.41) is 0. The van der Waals surface area contributed by atoms with Gasteiger partial charge in [-0.25, -0.2) is 0 Å². The van der Waals surface area contributed by atoms with Crippen molar-refractivity contribution >= 4 is 17.3 Å². The molecular formula is C18H21ClN2. The Balaban J connectivity index is 1.57. The van der Waals surface area contributed by atoms with Crippen molar-refractivity contribution in [2.45, 2.75) is 25.1 Å². The van der Waals surface area contributed by atoms with Crippen LogP contribution in [-0.2, 0) is 12.3 Å². The molecule has 110 valence electrons. The second-order valence-electron chi connectivity index (χ2n) is 5.76. The van der Waals surface area contributed by atoms with Gasteiger partial charge in [0.05, 0.1) is 11.6 Å². The fourth-order valence-electron chi connectivity index (χ4n) is 3.08. The highest BCUT2D eigenvalue weighted by Crippen LogP contribution is 2.26. The van der Waals surface area contributed by atoms with Crippen molar-refractivity contribution < 1.29 is 0 Å². The summed E-state index contributed by atoms with van der Waals surface area (Å²) < 4.78 is 0. The Morgan fingerprint density at radius 1 is 1.10 bits per heavy atom. The monoisotopic (exact) mass is 300 g/mol. The zero-order valence-electron chi connectivity index (χ0n) is 12.2. The highest BCUT2D eigenvalue weighted by Gasteiger charge is 2.19. The van der Waals surface area contributed by atoms with Crippen LogP contribution >= 0.6 is 11.6 Å². The number of aromatic nitrogens is 1. The van der Waals surface area contributed by atoms with Gasteiger partial charge in [0.15, 0.2) is 0 Å². The highest BCUT2D eigenvalue weighted by atomic mass is 35.5. The van der Waals surface area contributed by atoms with E-state index in [1.807, 2.05) is 6.20 Å². The van der Waals surface area contributed by atoms with Gasteiger partial charge < -0.3 is 4.90 Å². The topological polar surface area (TPSA) is 16.1 Å². The summed E-state index contributed by atoms with van der Waals surface area (Å²) in [6.45, 7) is 2.26. The van der Waals surface area contributed by atoms with Crippen LogP contribution in [0.25, 0.3) is 0 Å². The van der Waals surface area contributed by atoms with E-state index in [2.05, 4.69) is 52.3 Å². The number of nitrogens with zero attached hydrogens (tertiary/aromatic N) is 2. The first kappa shape index (κ1) is 14.4. The number of hydrogen-bond acceptors (Lipinski definition) is 2. The molecule has 0 atom stereocenters. The van der Waals surface area contributed by atoms with Gasteiger partial charge in [-0.1, -0.05) is 30.3 Å². The number of rotatable bonds is 4. The summed E-state index contributed by atoms with van der Waals surface area (Å²) in [6, 6.07) is 15.0. The van der Waals surface area contributed by atoms with E-state index >= 15 is 0 Å². The average molecular weight is 301 g/mol. The van der Waals surface area contributed by atoms with E-state index in [1.54, 1.807) is 0 Å². The molecule has 1 aliphatic rings. The number of anilines is 1. The Bertz CT molecular complexity index is 562. The maximum absolute atomic E-state index is 5.87. The van der Waals surface area contributed by atoms with Crippen molar-refractivity contribution in [1.29, 1.82) is 0 Å². The minimum Gasteiger partial charge on any atom is -0.371 e. The smallest absolute Gasteiger partial charge is 0.0648 e. The van der Waals surface area contributed by atoms with E-state index < -0.39 is 0 Å². The predicted octanol–water partition coefficient (Wildman–Crippen LogP) is 4.28. The normalized spacial score (nSPS) is 16.1. The van der Waals surface area contributed by atoms with Crippen molar-refractivity contribution in [2.75, 3.05) is 18.0 Å². The number of halogens is 1. The Hall–Kier alpha value is -1.54. The standard InChI is InChI=1S/C18H21ClN2/c19-14-17-13-18(6-9-20-17)21-10-7-16(8-11-21)12-15-4-2-1-3-5-15/h1-6,9,13,16H,7-8,10-12,14H2. The van der Waals surface area contributed by atoms with Crippen LogP contribution in [-0.4, -0.2) is 18.1 Å². The number of hydrogen-bond donors (Lipinski definition) is 0. The molecule has 1 aromatic carbocycles. The maximum atomic E-state index is 5.87. The van der Waals surface area contributed by atoms with Gasteiger partial charge >= 0.3 is 0 Å². The van der Waals surface area contributed by atoms with E-state index in [1.165, 1.54) is 30.5 Å². The van der Waals surface area contributed by atoms with Crippen molar-refractivity contribution in [3.05, 3.63) is 59.9 Å². The molecule has 0 radical (unpaired) electrons. The lowest BCUT2D eigenvalue weighted by Crippen LogP contribution is -2.34. The fourth-order valence-corrected chi connectivity index (χ4v) is 3.22. The van der Waals surface area contributed by atoms with Crippen LogP contribution in [0.3, 0.4) is 0 Å². The Morgan fingerprint density at radius 2 is 1.86 bits per heavy atom. The van der Waals surface area contributed by atoms with Crippen molar-refractivity contribution in [2.24, 2.45) is 5.92 Å². The largest absolute Gasteiger partial charge is 0.371 e. The van der Waals surface area contributed by atoms with Crippen LogP contribution in [0.1, 0.15) is 24.1 Å². The van der Waals surface area contributed by atoms with Gasteiger partial charge in [-0.3, -0.25) is 4.98 Å². The van der Waals surface area contributed by atoms with E-state index in [9.17, 15) is 0 Å². The highest BCUT2D eigenvalue weighted by molar-refractivity contribution is 6.16. The second-order valence-corrected chi connectivity index (χ2v) is 6.03. The average Bonchev–Trinajstić information content (AvgIpc) is 2.56. The molecule has 2 nitrogen and oxygen atoms in total. The molecule has 0 unspecified atom stereocenters. The molecule has 3 heteroatoms. The summed E-state index contributed by atoms with van der Waals surface area (Å²) in [7, 11) is 0. The van der Waals surface area contributed by atoms with Gasteiger partial charge in [0, 0.05) is 25.0 Å². The van der Waals surface area contributed by atoms with Crippen LogP contribution in [0.4, 0.5) is 5.69 Å². The van der Waals surface area contributed by atoms with Gasteiger partial charge in [-0.05, 0) is 42.9 Å². The van der Waals surface area contributed by atoms with E-state index in [0.29, 0.717) is 5.88 Å². The predicted molar refractivity (Wildman–Crippen MR) is 88.9 cm³/mol. The lowest BCUT2D eigenvalue weighted by atomic mass is 9.90. The fraction of sp³-hybridized carbons (Fsp3) is 0.389. The van der Waals surface area contributed by atoms with E-state index in [4.69, 9.17) is 11.6 Å². The zero-order valence-corrected chi connectivity index (χ0v) is 13.0. The van der Waals surface area contributed by atoms with Crippen LogP contribution in [0.15, 0.2) is 48.7 Å². The molecule has 1 saturated heterocycles. The van der Waals surface area contributed by atoms with Gasteiger partial charge in [0.25, 0.3) is 0 Å². The number of alkyl halides is 1. The first-order chi connectivity index (χ1) is 10.3. The van der Waals surface area contributed by atoms with Crippen molar-refractivity contribution in [3.8, 4) is 0 Å². The lowest BCUT2D eigenvalue weighted by Gasteiger charge is -2.33. The van der Waals surface area contributed by atoms with Gasteiger partial charge in [-0.15, -0.1) is 11.6 Å². The summed E-state index contributed by atoms with van der Waals surface area (Å²) in [4.78, 5) is 6.72. The zero-order chi connectivity index (χ0) is 14.5. The summed E-state index contributed by atoms with van der Waals surface area (Å²) in [5.41, 5.74) is 3.68. The molecule has 1 fully saturated rings. The van der Waals surface area contributed by atoms with Gasteiger partial charge in [0.2, 0.25) is 0 Å². The van der Waals surface area contributed by atoms with Crippen LogP contribution in [0.5, 0.6) is 0 Å². The molecule has 0 amide bonds. The second kappa shape index (κ2) is 6.95. The molecule has 2 heterocycles. The molecule has 1 aromatic heterocycles. The third-order valence-electron chi connectivity index (χ3n) is 4.28. The minimum atomic E-state index is 0.484. The number of pyridine rings is 1. The summed E-state index contributed by atoms with van der Waals surface area (Å²) >= 11 is 5.87. The summed E-state index contributed by atoms with van der Waals surface area (Å²) in [5.74, 6) is 1.29. The van der Waals surface area contributed by atoms with Crippen molar-refractivity contribution in [1.82, 2.24) is 4.98 Å². The first-order valence-corrected chi connectivity index (χ1v) is 8.18. The van der Waals surface area contributed by atoms with Gasteiger partial charge in [0.1, 0.15) is 0 Å². The quantitative estimate of drug-likeness (QED) is 0.784. The first-order valence-electron chi connectivity index (χ1n) is 7.65. The molecule has 2 aromatic rings. The molecule has 21 heavy (non-hydrogen) atoms. The molecule has 0 aliphatic carbocycles. The molecule has 3 rings (SSSR count). The van der Waals surface area contributed by atoms with E-state index in [-0.39, 0.29) is 0 Å². The molecular weight excluding hydrogens is 280 g/mol. The van der Waals surface area contributed by atoms with Crippen molar-refractivity contribution in [3.63, 3.8) is 0 Å². The van der Waals surface area contributed by atoms with Crippen LogP contribution in [0, 0.1) is 5.92 Å². The third-order valence-corrected chi connectivity index (χ3v) is 4.56. The Labute approximate surface area is 131 Å². The SMILES string of the molecule is ClCc1cc(N2CCC(Cc3ccccc3)CC2)ccn1. The molecule has 1 aliphatic heterocycles. The minimum absolute atomic E-state index is 0.484. The lowest BCUT2D eigenvalue weighted by molar-refractivity contribution is 0.403. The van der Waals surface area contributed by atoms with Gasteiger partial charge in [-0.2, -0.15) is 0 Å². The molecule has 0 N–H and O–H groups in total. The molecule has 0 spiro atoms. The van der Waals surface area contributed by atoms with E-state index in [0.717, 1.165) is 24.7 Å².